The third kappa shape index (κ3) is 7.39. The van der Waals surface area contributed by atoms with Crippen molar-refractivity contribution in [3.8, 4) is 0 Å². The van der Waals surface area contributed by atoms with Gasteiger partial charge in [0.1, 0.15) is 0 Å². The van der Waals surface area contributed by atoms with E-state index >= 15 is 0 Å². The Morgan fingerprint density at radius 3 is 2.11 bits per heavy atom. The molecule has 0 aliphatic heterocycles. The molecule has 0 saturated carbocycles. The molecule has 0 saturated heterocycles. The van der Waals surface area contributed by atoms with Gasteiger partial charge in [0, 0.05) is 5.57 Å². The number of hydrogen-bond donors (Lipinski definition) is 0. The lowest BCUT2D eigenvalue weighted by Gasteiger charge is -2.18. The number of esters is 3. The maximum atomic E-state index is 11.7. The van der Waals surface area contributed by atoms with Gasteiger partial charge in [0.05, 0.1) is 6.42 Å². The average molecular weight is 270 g/mol. The van der Waals surface area contributed by atoms with E-state index in [1.807, 2.05) is 20.8 Å². The molecule has 0 radical (unpaired) electrons. The predicted octanol–water partition coefficient (Wildman–Crippen LogP) is 2.39. The van der Waals surface area contributed by atoms with Crippen LogP contribution in [0.3, 0.4) is 0 Å². The van der Waals surface area contributed by atoms with E-state index < -0.39 is 24.0 Å². The van der Waals surface area contributed by atoms with Crippen molar-refractivity contribution >= 4 is 17.9 Å². The van der Waals surface area contributed by atoms with Crippen molar-refractivity contribution in [3.63, 3.8) is 0 Å². The Bertz CT molecular complexity index is 376. The number of hydrogen-bond acceptors (Lipinski definition) is 5. The molecule has 0 heterocycles. The Morgan fingerprint density at radius 2 is 1.74 bits per heavy atom. The molecule has 0 fully saturated rings. The molecule has 1 unspecified atom stereocenters. The van der Waals surface area contributed by atoms with Gasteiger partial charge in [-0.3, -0.25) is 4.79 Å². The van der Waals surface area contributed by atoms with E-state index in [2.05, 4.69) is 11.3 Å². The first kappa shape index (κ1) is 17.4. The van der Waals surface area contributed by atoms with Crippen molar-refractivity contribution in [1.82, 2.24) is 0 Å². The Kier molecular flexibility index (Phi) is 6.45. The summed E-state index contributed by atoms with van der Waals surface area (Å²) in [5, 5.41) is 0. The molecular formula is C14H22O5. The SMILES string of the molecule is C=C(C)C(=O)OC(CC)C(=O)OC(=O)CC(C)(C)C. The number of carbonyl (C=O) groups is 3. The van der Waals surface area contributed by atoms with Crippen molar-refractivity contribution in [2.75, 3.05) is 0 Å². The van der Waals surface area contributed by atoms with E-state index in [9.17, 15) is 14.4 Å². The summed E-state index contributed by atoms with van der Waals surface area (Å²) in [5.74, 6) is -2.14. The first-order valence-electron chi connectivity index (χ1n) is 6.18. The van der Waals surface area contributed by atoms with Gasteiger partial charge >= 0.3 is 17.9 Å². The highest BCUT2D eigenvalue weighted by Gasteiger charge is 2.27. The lowest BCUT2D eigenvalue weighted by molar-refractivity contribution is -0.173. The second-order valence-electron chi connectivity index (χ2n) is 5.61. The molecule has 0 bridgehead atoms. The van der Waals surface area contributed by atoms with E-state index in [1.165, 1.54) is 6.92 Å². The Balaban J connectivity index is 4.49. The Labute approximate surface area is 114 Å². The molecule has 0 aliphatic carbocycles. The van der Waals surface area contributed by atoms with E-state index in [0.29, 0.717) is 0 Å². The van der Waals surface area contributed by atoms with Gasteiger partial charge in [-0.25, -0.2) is 9.59 Å². The van der Waals surface area contributed by atoms with Crippen LogP contribution in [-0.4, -0.2) is 24.0 Å². The van der Waals surface area contributed by atoms with Gasteiger partial charge in [-0.15, -0.1) is 0 Å². The van der Waals surface area contributed by atoms with Crippen molar-refractivity contribution in [2.45, 2.75) is 53.6 Å². The summed E-state index contributed by atoms with van der Waals surface area (Å²) >= 11 is 0. The summed E-state index contributed by atoms with van der Waals surface area (Å²) < 4.78 is 9.56. The fourth-order valence-corrected chi connectivity index (χ4v) is 1.17. The van der Waals surface area contributed by atoms with Gasteiger partial charge < -0.3 is 9.47 Å². The molecule has 1 atom stereocenters. The smallest absolute Gasteiger partial charge is 0.355 e. The first-order chi connectivity index (χ1) is 8.56. The highest BCUT2D eigenvalue weighted by molar-refractivity contribution is 5.92. The van der Waals surface area contributed by atoms with Crippen molar-refractivity contribution in [3.05, 3.63) is 12.2 Å². The maximum Gasteiger partial charge on any atom is 0.355 e. The average Bonchev–Trinajstić information content (AvgIpc) is 2.21. The molecule has 0 N–H and O–H groups in total. The minimum Gasteiger partial charge on any atom is -0.447 e. The van der Waals surface area contributed by atoms with Crippen LogP contribution in [0.15, 0.2) is 12.2 Å². The van der Waals surface area contributed by atoms with Crippen LogP contribution >= 0.6 is 0 Å². The summed E-state index contributed by atoms with van der Waals surface area (Å²) in [4.78, 5) is 34.5. The lowest BCUT2D eigenvalue weighted by atomic mass is 9.92. The van der Waals surface area contributed by atoms with E-state index in [4.69, 9.17) is 4.74 Å². The van der Waals surface area contributed by atoms with Crippen molar-refractivity contribution in [1.29, 1.82) is 0 Å². The molecule has 0 spiro atoms. The normalized spacial score (nSPS) is 12.5. The molecule has 0 aromatic heterocycles. The molecule has 0 aliphatic rings. The lowest BCUT2D eigenvalue weighted by Crippen LogP contribution is -2.31. The second kappa shape index (κ2) is 7.07. The summed E-state index contributed by atoms with van der Waals surface area (Å²) in [6.45, 7) is 12.1. The van der Waals surface area contributed by atoms with Gasteiger partial charge in [0.25, 0.3) is 0 Å². The molecule has 0 aromatic carbocycles. The number of carbonyl (C=O) groups excluding carboxylic acids is 3. The topological polar surface area (TPSA) is 69.7 Å². The van der Waals surface area contributed by atoms with E-state index in [-0.39, 0.29) is 23.8 Å². The highest BCUT2D eigenvalue weighted by atomic mass is 16.6. The largest absolute Gasteiger partial charge is 0.447 e. The maximum absolute atomic E-state index is 11.7. The van der Waals surface area contributed by atoms with Crippen LogP contribution in [-0.2, 0) is 23.9 Å². The fraction of sp³-hybridized carbons (Fsp3) is 0.643. The molecule has 5 heteroatoms. The minimum absolute atomic E-state index is 0.115. The zero-order valence-corrected chi connectivity index (χ0v) is 12.2. The van der Waals surface area contributed by atoms with Crippen molar-refractivity contribution in [2.24, 2.45) is 5.41 Å². The van der Waals surface area contributed by atoms with Crippen LogP contribution in [0.5, 0.6) is 0 Å². The highest BCUT2D eigenvalue weighted by Crippen LogP contribution is 2.19. The molecule has 0 aromatic rings. The van der Waals surface area contributed by atoms with Crippen molar-refractivity contribution < 1.29 is 23.9 Å². The van der Waals surface area contributed by atoms with E-state index in [0.717, 1.165) is 0 Å². The number of rotatable bonds is 5. The first-order valence-corrected chi connectivity index (χ1v) is 6.18. The van der Waals surface area contributed by atoms with Crippen LogP contribution in [0.1, 0.15) is 47.5 Å². The molecule has 0 amide bonds. The second-order valence-corrected chi connectivity index (χ2v) is 5.61. The standard InChI is InChI=1S/C14H22O5/c1-7-10(18-12(16)9(2)3)13(17)19-11(15)8-14(4,5)6/h10H,2,7-8H2,1,3-6H3. The summed E-state index contributed by atoms with van der Waals surface area (Å²) in [6.07, 6.45) is -0.724. The van der Waals surface area contributed by atoms with Gasteiger partial charge in [0.15, 0.2) is 6.10 Å². The van der Waals surface area contributed by atoms with Gasteiger partial charge in [-0.2, -0.15) is 0 Å². The third-order valence-corrected chi connectivity index (χ3v) is 2.12. The molecule has 5 nitrogen and oxygen atoms in total. The third-order valence-electron chi connectivity index (χ3n) is 2.12. The zero-order chi connectivity index (χ0) is 15.2. The predicted molar refractivity (Wildman–Crippen MR) is 70.2 cm³/mol. The van der Waals surface area contributed by atoms with Gasteiger partial charge in [0.2, 0.25) is 0 Å². The van der Waals surface area contributed by atoms with E-state index in [1.54, 1.807) is 6.92 Å². The number of ether oxygens (including phenoxy) is 2. The fourth-order valence-electron chi connectivity index (χ4n) is 1.17. The monoisotopic (exact) mass is 270 g/mol. The molecule has 19 heavy (non-hydrogen) atoms. The van der Waals surface area contributed by atoms with Gasteiger partial charge in [-0.05, 0) is 18.8 Å². The minimum atomic E-state index is -1.08. The summed E-state index contributed by atoms with van der Waals surface area (Å²) in [7, 11) is 0. The van der Waals surface area contributed by atoms with Crippen LogP contribution in [0.2, 0.25) is 0 Å². The van der Waals surface area contributed by atoms with Crippen LogP contribution in [0.25, 0.3) is 0 Å². The summed E-state index contributed by atoms with van der Waals surface area (Å²) in [6, 6.07) is 0. The Hall–Kier alpha value is -1.65. The molecular weight excluding hydrogens is 248 g/mol. The Morgan fingerprint density at radius 1 is 1.21 bits per heavy atom. The quantitative estimate of drug-likeness (QED) is 0.436. The van der Waals surface area contributed by atoms with Gasteiger partial charge in [-0.1, -0.05) is 34.3 Å². The van der Waals surface area contributed by atoms with Crippen LogP contribution < -0.4 is 0 Å². The zero-order valence-electron chi connectivity index (χ0n) is 12.2. The summed E-state index contributed by atoms with van der Waals surface area (Å²) in [5.41, 5.74) is -0.0831. The molecule has 0 rings (SSSR count). The van der Waals surface area contributed by atoms with Crippen LogP contribution in [0.4, 0.5) is 0 Å². The van der Waals surface area contributed by atoms with Crippen LogP contribution in [0, 0.1) is 5.41 Å². The molecule has 108 valence electrons.